The second kappa shape index (κ2) is 10.3. The highest BCUT2D eigenvalue weighted by Crippen LogP contribution is 2.48. The maximum Gasteiger partial charge on any atom is 0.303 e. The molecular formula is C34H37BrN4O3. The Morgan fingerprint density at radius 1 is 1.05 bits per heavy atom. The highest BCUT2D eigenvalue weighted by Gasteiger charge is 2.42. The SMILES string of the molecule is CCC1=C(C)C2=NC1=CC1=C(C)C3=C(O)CC(=C4NC(=C(Br)C5=NC(=C2)C(C(C)C)=C5C)[C@@H](C)[C@@H]4CCC(=O)O)C3=N1. The molecule has 0 aromatic heterocycles. The smallest absolute Gasteiger partial charge is 0.303 e. The molecule has 1 aliphatic carbocycles. The minimum absolute atomic E-state index is 0.00413. The van der Waals surface area contributed by atoms with E-state index in [1.807, 2.05) is 13.0 Å². The molecule has 0 aromatic rings. The highest BCUT2D eigenvalue weighted by molar-refractivity contribution is 9.12. The number of carboxylic acid groups (broad SMARTS) is 1. The van der Waals surface area contributed by atoms with Crippen molar-refractivity contribution in [3.63, 3.8) is 0 Å². The average molecular weight is 630 g/mol. The first-order chi connectivity index (χ1) is 19.9. The number of aliphatic carboxylic acids is 1. The van der Waals surface area contributed by atoms with Crippen LogP contribution in [-0.4, -0.2) is 33.3 Å². The summed E-state index contributed by atoms with van der Waals surface area (Å²) in [7, 11) is 0. The van der Waals surface area contributed by atoms with E-state index in [1.165, 1.54) is 11.1 Å². The van der Waals surface area contributed by atoms with Crippen LogP contribution < -0.4 is 5.32 Å². The molecule has 0 unspecified atom stereocenters. The molecule has 0 amide bonds. The van der Waals surface area contributed by atoms with E-state index in [0.717, 1.165) is 84.4 Å². The van der Waals surface area contributed by atoms with E-state index in [4.69, 9.17) is 15.0 Å². The lowest BCUT2D eigenvalue weighted by molar-refractivity contribution is -0.137. The van der Waals surface area contributed by atoms with Crippen molar-refractivity contribution < 1.29 is 15.0 Å². The normalized spacial score (nSPS) is 25.2. The standard InChI is InChI=1S/C34H37BrN4O3/c1-8-19-15(4)22-13-25-28(14(2)3)18(7)32(38-25)30(35)31-16(5)20(9-10-27(41)42)33(39-31)21-11-26(40)29-17(6)23(37-34(21)29)12-24(19)36-22/h12-14,16,20,39-40H,8-11H2,1-7H3,(H,41,42)/t16-,20-/m0/s1. The predicted octanol–water partition coefficient (Wildman–Crippen LogP) is 7.90. The highest BCUT2D eigenvalue weighted by atomic mass is 79.9. The van der Waals surface area contributed by atoms with Crippen LogP contribution in [0.15, 0.2) is 105 Å². The van der Waals surface area contributed by atoms with Crippen LogP contribution in [0.5, 0.6) is 0 Å². The van der Waals surface area contributed by atoms with Gasteiger partial charge in [-0.2, -0.15) is 0 Å². The molecule has 0 spiro atoms. The van der Waals surface area contributed by atoms with Crippen molar-refractivity contribution in [2.45, 2.75) is 74.1 Å². The van der Waals surface area contributed by atoms with Gasteiger partial charge in [0.1, 0.15) is 5.76 Å². The van der Waals surface area contributed by atoms with Gasteiger partial charge in [-0.15, -0.1) is 0 Å². The summed E-state index contributed by atoms with van der Waals surface area (Å²) in [5, 5.41) is 24.5. The zero-order valence-electron chi connectivity index (χ0n) is 25.2. The number of hydrogen-bond acceptors (Lipinski definition) is 6. The first kappa shape index (κ1) is 28.6. The lowest BCUT2D eigenvalue weighted by Crippen LogP contribution is -2.15. The van der Waals surface area contributed by atoms with Gasteiger partial charge < -0.3 is 15.5 Å². The molecule has 6 aliphatic rings. The Hall–Kier alpha value is -3.52. The molecule has 2 atom stereocenters. The fourth-order valence-electron chi connectivity index (χ4n) is 7.23. The topological polar surface area (TPSA) is 107 Å². The zero-order valence-corrected chi connectivity index (χ0v) is 26.8. The summed E-state index contributed by atoms with van der Waals surface area (Å²) in [6, 6.07) is 0. The Bertz CT molecular complexity index is 1720. The third kappa shape index (κ3) is 4.29. The van der Waals surface area contributed by atoms with Crippen molar-refractivity contribution in [2.75, 3.05) is 0 Å². The molecule has 42 heavy (non-hydrogen) atoms. The third-order valence-electron chi connectivity index (χ3n) is 9.42. The number of carboxylic acids is 1. The van der Waals surface area contributed by atoms with Crippen LogP contribution in [0.2, 0.25) is 0 Å². The average Bonchev–Trinajstić information content (AvgIpc) is 3.68. The van der Waals surface area contributed by atoms with Gasteiger partial charge in [0.05, 0.1) is 38.7 Å². The number of aliphatic hydroxyl groups is 1. The van der Waals surface area contributed by atoms with Gasteiger partial charge in [0.2, 0.25) is 0 Å². The molecule has 0 radical (unpaired) electrons. The summed E-state index contributed by atoms with van der Waals surface area (Å²) < 4.78 is 0.881. The number of allylic oxidation sites excluding steroid dienone is 12. The molecule has 218 valence electrons. The molecule has 1 saturated heterocycles. The first-order valence-corrected chi connectivity index (χ1v) is 15.6. The van der Waals surface area contributed by atoms with Gasteiger partial charge in [-0.05, 0) is 95.5 Å². The summed E-state index contributed by atoms with van der Waals surface area (Å²) in [5.74, 6) is -0.323. The molecule has 0 saturated carbocycles. The van der Waals surface area contributed by atoms with Crippen LogP contribution in [0, 0.1) is 17.8 Å². The van der Waals surface area contributed by atoms with E-state index in [9.17, 15) is 15.0 Å². The molecule has 3 N–H and O–H groups in total. The van der Waals surface area contributed by atoms with E-state index in [-0.39, 0.29) is 24.2 Å². The van der Waals surface area contributed by atoms with Crippen LogP contribution in [0.25, 0.3) is 0 Å². The maximum atomic E-state index is 11.7. The number of hydrogen-bond donors (Lipinski definition) is 3. The number of carbonyl (C=O) groups is 1. The van der Waals surface area contributed by atoms with Crippen LogP contribution in [0.3, 0.4) is 0 Å². The fraction of sp³-hybridized carbons (Fsp3) is 0.412. The Morgan fingerprint density at radius 2 is 1.79 bits per heavy atom. The van der Waals surface area contributed by atoms with E-state index < -0.39 is 5.97 Å². The molecule has 5 aliphatic heterocycles. The van der Waals surface area contributed by atoms with Crippen molar-refractivity contribution in [1.29, 1.82) is 0 Å². The van der Waals surface area contributed by atoms with Crippen molar-refractivity contribution in [2.24, 2.45) is 32.7 Å². The number of aliphatic imine (C=N–C) groups is 3. The number of halogens is 1. The van der Waals surface area contributed by atoms with Gasteiger partial charge in [-0.1, -0.05) is 27.7 Å². The second-order valence-corrected chi connectivity index (χ2v) is 13.0. The summed E-state index contributed by atoms with van der Waals surface area (Å²) >= 11 is 3.94. The predicted molar refractivity (Wildman–Crippen MR) is 172 cm³/mol. The number of rotatable bonds is 5. The number of nitrogens with zero attached hydrogens (tertiary/aromatic N) is 3. The van der Waals surface area contributed by atoms with Gasteiger partial charge in [0.25, 0.3) is 0 Å². The monoisotopic (exact) mass is 628 g/mol. The fourth-order valence-corrected chi connectivity index (χ4v) is 8.07. The molecule has 7 nitrogen and oxygen atoms in total. The van der Waals surface area contributed by atoms with Crippen molar-refractivity contribution in [3.8, 4) is 0 Å². The van der Waals surface area contributed by atoms with E-state index in [2.05, 4.69) is 68.9 Å². The molecule has 8 bridgehead atoms. The summed E-state index contributed by atoms with van der Waals surface area (Å²) in [6.45, 7) is 14.9. The molecule has 1 fully saturated rings. The summed E-state index contributed by atoms with van der Waals surface area (Å²) in [6.07, 6.45) is 5.90. The van der Waals surface area contributed by atoms with E-state index in [0.29, 0.717) is 18.6 Å². The van der Waals surface area contributed by atoms with Crippen LogP contribution in [0.4, 0.5) is 0 Å². The van der Waals surface area contributed by atoms with Crippen LogP contribution in [-0.2, 0) is 4.79 Å². The maximum absolute atomic E-state index is 11.7. The molecule has 5 heterocycles. The Kier molecular flexibility index (Phi) is 7.03. The largest absolute Gasteiger partial charge is 0.511 e. The zero-order chi connectivity index (χ0) is 30.2. The van der Waals surface area contributed by atoms with Gasteiger partial charge in [0, 0.05) is 47.2 Å². The lowest BCUT2D eigenvalue weighted by atomic mass is 9.86. The Balaban J connectivity index is 1.65. The Morgan fingerprint density at radius 3 is 2.45 bits per heavy atom. The number of aliphatic hydroxyl groups excluding tert-OH is 1. The van der Waals surface area contributed by atoms with Crippen molar-refractivity contribution in [1.82, 2.24) is 5.32 Å². The minimum atomic E-state index is -0.819. The number of fused-ring (bicyclic) bond motifs is 5. The molecule has 0 aromatic carbocycles. The minimum Gasteiger partial charge on any atom is -0.511 e. The molecule has 6 rings (SSSR count). The van der Waals surface area contributed by atoms with Crippen molar-refractivity contribution >= 4 is 39.0 Å². The van der Waals surface area contributed by atoms with E-state index in [1.54, 1.807) is 0 Å². The van der Waals surface area contributed by atoms with Crippen LogP contribution >= 0.6 is 15.9 Å². The lowest BCUT2D eigenvalue weighted by Gasteiger charge is -2.17. The van der Waals surface area contributed by atoms with Gasteiger partial charge >= 0.3 is 5.97 Å². The Labute approximate surface area is 255 Å². The quantitative estimate of drug-likeness (QED) is 0.287. The number of nitrogens with one attached hydrogen (secondary N) is 1. The molecule has 8 heteroatoms. The third-order valence-corrected chi connectivity index (χ3v) is 10.2. The summed E-state index contributed by atoms with van der Waals surface area (Å²) in [5.41, 5.74) is 14.4. The van der Waals surface area contributed by atoms with Crippen molar-refractivity contribution in [3.05, 3.63) is 89.9 Å². The summed E-state index contributed by atoms with van der Waals surface area (Å²) in [4.78, 5) is 27.0. The molecular weight excluding hydrogens is 592 g/mol. The van der Waals surface area contributed by atoms with Gasteiger partial charge in [0.15, 0.2) is 0 Å². The van der Waals surface area contributed by atoms with Crippen LogP contribution in [0.1, 0.15) is 74.1 Å². The van der Waals surface area contributed by atoms with Gasteiger partial charge in [-0.3, -0.25) is 4.79 Å². The first-order valence-electron chi connectivity index (χ1n) is 14.8. The van der Waals surface area contributed by atoms with Gasteiger partial charge in [-0.25, -0.2) is 15.0 Å². The van der Waals surface area contributed by atoms with E-state index >= 15 is 0 Å². The second-order valence-electron chi connectivity index (χ2n) is 12.2.